The summed E-state index contributed by atoms with van der Waals surface area (Å²) in [4.78, 5) is 15.5. The van der Waals surface area contributed by atoms with Gasteiger partial charge in [-0.2, -0.15) is 0 Å². The van der Waals surface area contributed by atoms with Crippen molar-refractivity contribution in [3.63, 3.8) is 0 Å². The van der Waals surface area contributed by atoms with Crippen LogP contribution in [0.1, 0.15) is 19.0 Å². The Morgan fingerprint density at radius 3 is 2.81 bits per heavy atom. The fourth-order valence-corrected chi connectivity index (χ4v) is 2.23. The highest BCUT2D eigenvalue weighted by Crippen LogP contribution is 2.20. The quantitative estimate of drug-likeness (QED) is 0.627. The van der Waals surface area contributed by atoms with Crippen LogP contribution in [0.3, 0.4) is 0 Å². The summed E-state index contributed by atoms with van der Waals surface area (Å²) in [6.07, 6.45) is 4.86. The first-order chi connectivity index (χ1) is 10.2. The molecule has 2 aromatic heterocycles. The zero-order chi connectivity index (χ0) is 15.1. The minimum absolute atomic E-state index is 0.721. The second kappa shape index (κ2) is 7.83. The zero-order valence-corrected chi connectivity index (χ0v) is 13.5. The molecule has 2 heterocycles. The molecule has 2 rings (SSSR count). The second-order valence-electron chi connectivity index (χ2n) is 4.70. The smallest absolute Gasteiger partial charge is 0.191 e. The number of aromatic nitrogens is 3. The average Bonchev–Trinajstić information content (AvgIpc) is 2.53. The van der Waals surface area contributed by atoms with Crippen molar-refractivity contribution in [2.45, 2.75) is 25.0 Å². The largest absolute Gasteiger partial charge is 0.370 e. The number of nitrogens with one attached hydrogen (secondary N) is 1. The van der Waals surface area contributed by atoms with E-state index in [9.17, 15) is 0 Å². The molecule has 2 aromatic rings. The number of anilines is 2. The number of hydrogen-bond acceptors (Lipinski definition) is 6. The Morgan fingerprint density at radius 2 is 2.14 bits per heavy atom. The van der Waals surface area contributed by atoms with Crippen molar-refractivity contribution in [3.05, 3.63) is 36.2 Å². The van der Waals surface area contributed by atoms with E-state index in [4.69, 9.17) is 0 Å². The number of nitrogens with zero attached hydrogens (tertiary/aromatic N) is 4. The van der Waals surface area contributed by atoms with Gasteiger partial charge in [-0.15, -0.1) is 0 Å². The fraction of sp³-hybridized carbons (Fsp3) is 0.400. The predicted molar refractivity (Wildman–Crippen MR) is 88.9 cm³/mol. The van der Waals surface area contributed by atoms with E-state index < -0.39 is 0 Å². The Bertz CT molecular complexity index is 561. The maximum atomic E-state index is 4.57. The van der Waals surface area contributed by atoms with Crippen molar-refractivity contribution in [1.29, 1.82) is 0 Å². The molecule has 0 aliphatic carbocycles. The van der Waals surface area contributed by atoms with Gasteiger partial charge in [0.05, 0.1) is 12.2 Å². The van der Waals surface area contributed by atoms with Crippen molar-refractivity contribution in [2.75, 3.05) is 30.1 Å². The minimum Gasteiger partial charge on any atom is -0.370 e. The SMILES string of the molecule is CCCNc1cc(N(C)Cc2ccccn2)nc(SC)n1. The van der Waals surface area contributed by atoms with Crippen LogP contribution in [0.15, 0.2) is 35.6 Å². The molecule has 0 unspecified atom stereocenters. The van der Waals surface area contributed by atoms with E-state index in [1.54, 1.807) is 11.8 Å². The number of rotatable bonds is 7. The van der Waals surface area contributed by atoms with E-state index in [0.717, 1.165) is 42.0 Å². The molecule has 0 aromatic carbocycles. The van der Waals surface area contributed by atoms with Gasteiger partial charge in [0, 0.05) is 25.9 Å². The molecule has 0 fully saturated rings. The average molecular weight is 303 g/mol. The molecule has 0 saturated heterocycles. The molecule has 0 bridgehead atoms. The summed E-state index contributed by atoms with van der Waals surface area (Å²) in [5.74, 6) is 1.78. The highest BCUT2D eigenvalue weighted by atomic mass is 32.2. The third-order valence-corrected chi connectivity index (χ3v) is 3.49. The molecule has 0 aliphatic heterocycles. The first kappa shape index (κ1) is 15.6. The molecule has 0 spiro atoms. The molecule has 0 saturated carbocycles. The first-order valence-corrected chi connectivity index (χ1v) is 8.23. The van der Waals surface area contributed by atoms with E-state index in [1.807, 2.05) is 43.8 Å². The van der Waals surface area contributed by atoms with Gasteiger partial charge in [0.2, 0.25) is 0 Å². The fourth-order valence-electron chi connectivity index (χ4n) is 1.86. The summed E-state index contributed by atoms with van der Waals surface area (Å²) in [7, 11) is 2.02. The van der Waals surface area contributed by atoms with Crippen molar-refractivity contribution in [3.8, 4) is 0 Å². The Balaban J connectivity index is 2.16. The molecule has 5 nitrogen and oxygen atoms in total. The zero-order valence-electron chi connectivity index (χ0n) is 12.7. The molecule has 0 atom stereocenters. The van der Waals surface area contributed by atoms with Gasteiger partial charge in [-0.05, 0) is 24.8 Å². The number of pyridine rings is 1. The Morgan fingerprint density at radius 1 is 1.29 bits per heavy atom. The van der Waals surface area contributed by atoms with Crippen molar-refractivity contribution in [2.24, 2.45) is 0 Å². The van der Waals surface area contributed by atoms with E-state index in [-0.39, 0.29) is 0 Å². The summed E-state index contributed by atoms with van der Waals surface area (Å²) in [5.41, 5.74) is 1.02. The lowest BCUT2D eigenvalue weighted by atomic mass is 10.3. The Hall–Kier alpha value is -1.82. The van der Waals surface area contributed by atoms with Gasteiger partial charge in [0.25, 0.3) is 0 Å². The Kier molecular flexibility index (Phi) is 5.80. The summed E-state index contributed by atoms with van der Waals surface area (Å²) in [6.45, 7) is 3.77. The maximum Gasteiger partial charge on any atom is 0.191 e. The highest BCUT2D eigenvalue weighted by Gasteiger charge is 2.09. The standard InChI is InChI=1S/C15H21N5S/c1-4-8-17-13-10-14(19-15(18-13)21-3)20(2)11-12-7-5-6-9-16-12/h5-7,9-10H,4,8,11H2,1-3H3,(H,17,18,19). The van der Waals surface area contributed by atoms with Crippen molar-refractivity contribution >= 4 is 23.4 Å². The van der Waals surface area contributed by atoms with E-state index >= 15 is 0 Å². The Labute approximate surface area is 130 Å². The molecule has 21 heavy (non-hydrogen) atoms. The summed E-state index contributed by atoms with van der Waals surface area (Å²) in [6, 6.07) is 7.92. The topological polar surface area (TPSA) is 53.9 Å². The highest BCUT2D eigenvalue weighted by molar-refractivity contribution is 7.98. The molecule has 0 radical (unpaired) electrons. The van der Waals surface area contributed by atoms with Crippen molar-refractivity contribution in [1.82, 2.24) is 15.0 Å². The summed E-state index contributed by atoms with van der Waals surface area (Å²) < 4.78 is 0. The van der Waals surface area contributed by atoms with Crippen LogP contribution >= 0.6 is 11.8 Å². The molecular formula is C15H21N5S. The van der Waals surface area contributed by atoms with Crippen LogP contribution in [-0.2, 0) is 6.54 Å². The minimum atomic E-state index is 0.721. The number of thioether (sulfide) groups is 1. The lowest BCUT2D eigenvalue weighted by Gasteiger charge is -2.19. The molecule has 112 valence electrons. The van der Waals surface area contributed by atoms with Gasteiger partial charge in [-0.1, -0.05) is 24.8 Å². The third-order valence-electron chi connectivity index (χ3n) is 2.95. The van der Waals surface area contributed by atoms with Crippen LogP contribution in [0.25, 0.3) is 0 Å². The second-order valence-corrected chi connectivity index (χ2v) is 5.48. The van der Waals surface area contributed by atoms with E-state index in [2.05, 4.69) is 32.1 Å². The summed E-state index contributed by atoms with van der Waals surface area (Å²) >= 11 is 1.55. The van der Waals surface area contributed by atoms with Gasteiger partial charge >= 0.3 is 0 Å². The third kappa shape index (κ3) is 4.60. The van der Waals surface area contributed by atoms with Crippen LogP contribution < -0.4 is 10.2 Å². The lowest BCUT2D eigenvalue weighted by molar-refractivity contribution is 0.834. The first-order valence-electron chi connectivity index (χ1n) is 7.01. The van der Waals surface area contributed by atoms with E-state index in [1.165, 1.54) is 0 Å². The molecular weight excluding hydrogens is 282 g/mol. The molecule has 0 aliphatic rings. The summed E-state index contributed by atoms with van der Waals surface area (Å²) in [5, 5.41) is 4.10. The van der Waals surface area contributed by atoms with Crippen LogP contribution in [0.5, 0.6) is 0 Å². The van der Waals surface area contributed by atoms with Gasteiger partial charge in [0.15, 0.2) is 5.16 Å². The van der Waals surface area contributed by atoms with Gasteiger partial charge in [-0.3, -0.25) is 4.98 Å². The van der Waals surface area contributed by atoms with Gasteiger partial charge in [-0.25, -0.2) is 9.97 Å². The van der Waals surface area contributed by atoms with Crippen LogP contribution in [0, 0.1) is 0 Å². The van der Waals surface area contributed by atoms with E-state index in [0.29, 0.717) is 0 Å². The molecule has 1 N–H and O–H groups in total. The molecule has 0 amide bonds. The van der Waals surface area contributed by atoms with Gasteiger partial charge in [0.1, 0.15) is 11.6 Å². The molecule has 6 heteroatoms. The van der Waals surface area contributed by atoms with Gasteiger partial charge < -0.3 is 10.2 Å². The lowest BCUT2D eigenvalue weighted by Crippen LogP contribution is -2.19. The van der Waals surface area contributed by atoms with Crippen LogP contribution in [-0.4, -0.2) is 34.8 Å². The van der Waals surface area contributed by atoms with Crippen LogP contribution in [0.2, 0.25) is 0 Å². The normalized spacial score (nSPS) is 10.4. The monoisotopic (exact) mass is 303 g/mol. The predicted octanol–water partition coefficient (Wildman–Crippen LogP) is 3.05. The number of hydrogen-bond donors (Lipinski definition) is 1. The van der Waals surface area contributed by atoms with Crippen molar-refractivity contribution < 1.29 is 0 Å². The maximum absolute atomic E-state index is 4.57. The van der Waals surface area contributed by atoms with Crippen LogP contribution in [0.4, 0.5) is 11.6 Å².